The number of nitrogens with zero attached hydrogens (tertiary/aromatic N) is 1. The van der Waals surface area contributed by atoms with Gasteiger partial charge >= 0.3 is 6.09 Å². The van der Waals surface area contributed by atoms with E-state index in [9.17, 15) is 4.79 Å². The van der Waals surface area contributed by atoms with E-state index < -0.39 is 6.09 Å². The summed E-state index contributed by atoms with van der Waals surface area (Å²) < 4.78 is 16.9. The molecule has 8 nitrogen and oxygen atoms in total. The zero-order valence-electron chi connectivity index (χ0n) is 16.3. The van der Waals surface area contributed by atoms with Gasteiger partial charge in [-0.1, -0.05) is 18.2 Å². The Hall–Kier alpha value is -3.94. The molecule has 1 aliphatic heterocycles. The van der Waals surface area contributed by atoms with Crippen LogP contribution in [0.15, 0.2) is 54.6 Å². The second kappa shape index (κ2) is 8.60. The van der Waals surface area contributed by atoms with Crippen LogP contribution in [-0.2, 0) is 6.54 Å². The minimum atomic E-state index is -1.06. The largest absolute Gasteiger partial charge is 0.486 e. The summed E-state index contributed by atoms with van der Waals surface area (Å²) in [6.45, 7) is 1.24. The number of aromatic nitrogens is 1. The third-order valence-electron chi connectivity index (χ3n) is 4.55. The number of para-hydroxylation sites is 1. The van der Waals surface area contributed by atoms with Crippen LogP contribution in [0.1, 0.15) is 5.56 Å². The van der Waals surface area contributed by atoms with Gasteiger partial charge in [0.15, 0.2) is 11.5 Å². The van der Waals surface area contributed by atoms with Crippen LogP contribution in [-0.4, -0.2) is 36.5 Å². The summed E-state index contributed by atoms with van der Waals surface area (Å²) in [7, 11) is 1.56. The summed E-state index contributed by atoms with van der Waals surface area (Å²) >= 11 is 0. The first-order valence-electron chi connectivity index (χ1n) is 9.41. The van der Waals surface area contributed by atoms with Crippen molar-refractivity contribution in [2.24, 2.45) is 0 Å². The first kappa shape index (κ1) is 19.4. The van der Waals surface area contributed by atoms with Crippen molar-refractivity contribution in [3.05, 3.63) is 60.2 Å². The molecule has 4 rings (SSSR count). The van der Waals surface area contributed by atoms with Crippen LogP contribution in [0, 0.1) is 0 Å². The van der Waals surface area contributed by atoms with Crippen molar-refractivity contribution in [1.82, 2.24) is 10.3 Å². The molecule has 1 aliphatic rings. The molecular formula is C22H21N3O5. The molecule has 1 amide bonds. The number of rotatable bonds is 6. The van der Waals surface area contributed by atoms with Gasteiger partial charge in [-0.2, -0.15) is 0 Å². The van der Waals surface area contributed by atoms with Gasteiger partial charge in [-0.25, -0.2) is 9.78 Å². The average molecular weight is 407 g/mol. The van der Waals surface area contributed by atoms with Gasteiger partial charge in [-0.05, 0) is 42.0 Å². The first-order valence-corrected chi connectivity index (χ1v) is 9.41. The lowest BCUT2D eigenvalue weighted by Gasteiger charge is -2.21. The summed E-state index contributed by atoms with van der Waals surface area (Å²) in [5.74, 6) is 1.81. The van der Waals surface area contributed by atoms with Crippen LogP contribution in [0.3, 0.4) is 0 Å². The molecule has 8 heteroatoms. The van der Waals surface area contributed by atoms with Gasteiger partial charge in [0.25, 0.3) is 0 Å². The van der Waals surface area contributed by atoms with E-state index in [4.69, 9.17) is 19.3 Å². The molecule has 0 aliphatic carbocycles. The summed E-state index contributed by atoms with van der Waals surface area (Å²) in [5.41, 5.74) is 3.85. The molecular weight excluding hydrogens is 386 g/mol. The standard InChI is InChI=1S/C22H21N3O5/c1-28-21-18(24-15-5-2-4-14(12-15)13-23-22(26)27)9-8-17(25-21)16-6-3-7-19-20(16)30-11-10-29-19/h2-9,12,23-24H,10-11,13H2,1H3,(H,26,27). The van der Waals surface area contributed by atoms with E-state index in [-0.39, 0.29) is 6.54 Å². The van der Waals surface area contributed by atoms with E-state index in [0.717, 1.165) is 16.8 Å². The highest BCUT2D eigenvalue weighted by Crippen LogP contribution is 2.40. The molecule has 2 aromatic carbocycles. The predicted molar refractivity (Wildman–Crippen MR) is 112 cm³/mol. The summed E-state index contributed by atoms with van der Waals surface area (Å²) in [5, 5.41) is 14.4. The Kier molecular flexibility index (Phi) is 5.56. The fraction of sp³-hybridized carbons (Fsp3) is 0.182. The molecule has 0 saturated heterocycles. The van der Waals surface area contributed by atoms with Gasteiger partial charge in [0, 0.05) is 17.8 Å². The number of ether oxygens (including phenoxy) is 3. The van der Waals surface area contributed by atoms with Crippen LogP contribution >= 0.6 is 0 Å². The lowest BCUT2D eigenvalue weighted by molar-refractivity contribution is 0.172. The fourth-order valence-corrected chi connectivity index (χ4v) is 3.21. The maximum Gasteiger partial charge on any atom is 0.404 e. The van der Waals surface area contributed by atoms with E-state index in [1.165, 1.54) is 0 Å². The van der Waals surface area contributed by atoms with E-state index >= 15 is 0 Å². The molecule has 2 heterocycles. The summed E-state index contributed by atoms with van der Waals surface area (Å²) in [6.07, 6.45) is -1.06. The molecule has 0 radical (unpaired) electrons. The molecule has 0 spiro atoms. The highest BCUT2D eigenvalue weighted by Gasteiger charge is 2.18. The Morgan fingerprint density at radius 3 is 2.80 bits per heavy atom. The molecule has 154 valence electrons. The molecule has 30 heavy (non-hydrogen) atoms. The Morgan fingerprint density at radius 1 is 1.13 bits per heavy atom. The van der Waals surface area contributed by atoms with Crippen LogP contribution in [0.25, 0.3) is 11.3 Å². The molecule has 0 saturated carbocycles. The lowest BCUT2D eigenvalue weighted by atomic mass is 10.1. The first-order chi connectivity index (χ1) is 14.6. The topological polar surface area (TPSA) is 102 Å². The van der Waals surface area contributed by atoms with Crippen LogP contribution in [0.5, 0.6) is 17.4 Å². The Bertz CT molecular complexity index is 1070. The summed E-state index contributed by atoms with van der Waals surface area (Å²) in [4.78, 5) is 15.3. The fourth-order valence-electron chi connectivity index (χ4n) is 3.21. The monoisotopic (exact) mass is 407 g/mol. The molecule has 0 fully saturated rings. The van der Waals surface area contributed by atoms with Crippen molar-refractivity contribution in [3.63, 3.8) is 0 Å². The van der Waals surface area contributed by atoms with Gasteiger partial charge in [-0.15, -0.1) is 0 Å². The smallest absolute Gasteiger partial charge is 0.404 e. The third-order valence-corrected chi connectivity index (χ3v) is 4.55. The van der Waals surface area contributed by atoms with Crippen molar-refractivity contribution >= 4 is 17.5 Å². The van der Waals surface area contributed by atoms with Crippen LogP contribution in [0.4, 0.5) is 16.2 Å². The number of pyridine rings is 1. The normalized spacial score (nSPS) is 12.2. The minimum absolute atomic E-state index is 0.223. The molecule has 3 N–H and O–H groups in total. The number of nitrogens with one attached hydrogen (secondary N) is 2. The summed E-state index contributed by atoms with van der Waals surface area (Å²) in [6, 6.07) is 16.9. The number of anilines is 2. The Balaban J connectivity index is 1.60. The average Bonchev–Trinajstić information content (AvgIpc) is 2.78. The number of hydrogen-bond acceptors (Lipinski definition) is 6. The number of carbonyl (C=O) groups is 1. The second-order valence-electron chi connectivity index (χ2n) is 6.57. The van der Waals surface area contributed by atoms with Gasteiger partial charge in [0.2, 0.25) is 5.88 Å². The molecule has 3 aromatic rings. The SMILES string of the molecule is COc1nc(-c2cccc3c2OCCO3)ccc1Nc1cccc(CNC(=O)O)c1. The Labute approximate surface area is 173 Å². The highest BCUT2D eigenvalue weighted by molar-refractivity contribution is 5.75. The van der Waals surface area contributed by atoms with E-state index in [2.05, 4.69) is 15.6 Å². The highest BCUT2D eigenvalue weighted by atomic mass is 16.6. The maximum atomic E-state index is 10.7. The predicted octanol–water partition coefficient (Wildman–Crippen LogP) is 4.04. The van der Waals surface area contributed by atoms with Gasteiger partial charge < -0.3 is 30.0 Å². The Morgan fingerprint density at radius 2 is 1.97 bits per heavy atom. The number of amides is 1. The van der Waals surface area contributed by atoms with Crippen LogP contribution < -0.4 is 24.8 Å². The molecule has 1 aromatic heterocycles. The van der Waals surface area contributed by atoms with Crippen molar-refractivity contribution in [3.8, 4) is 28.6 Å². The van der Waals surface area contributed by atoms with Crippen LogP contribution in [0.2, 0.25) is 0 Å². The van der Waals surface area contributed by atoms with Gasteiger partial charge in [0.1, 0.15) is 18.9 Å². The minimum Gasteiger partial charge on any atom is -0.486 e. The lowest BCUT2D eigenvalue weighted by Crippen LogP contribution is -2.19. The van der Waals surface area contributed by atoms with Gasteiger partial charge in [-0.3, -0.25) is 0 Å². The van der Waals surface area contributed by atoms with E-state index in [0.29, 0.717) is 42.0 Å². The molecule has 0 atom stereocenters. The van der Waals surface area contributed by atoms with E-state index in [1.54, 1.807) is 7.11 Å². The second-order valence-corrected chi connectivity index (χ2v) is 6.57. The molecule has 0 unspecified atom stereocenters. The number of benzene rings is 2. The maximum absolute atomic E-state index is 10.7. The van der Waals surface area contributed by atoms with Crippen molar-refractivity contribution in [2.45, 2.75) is 6.54 Å². The number of hydrogen-bond donors (Lipinski definition) is 3. The van der Waals surface area contributed by atoms with Crippen molar-refractivity contribution < 1.29 is 24.1 Å². The van der Waals surface area contributed by atoms with E-state index in [1.807, 2.05) is 54.6 Å². The van der Waals surface area contributed by atoms with Crippen molar-refractivity contribution in [2.75, 3.05) is 25.6 Å². The third kappa shape index (κ3) is 4.22. The number of fused-ring (bicyclic) bond motifs is 1. The molecule has 0 bridgehead atoms. The number of carboxylic acid groups (broad SMARTS) is 1. The zero-order valence-corrected chi connectivity index (χ0v) is 16.3. The quantitative estimate of drug-likeness (QED) is 0.567. The zero-order chi connectivity index (χ0) is 20.9. The van der Waals surface area contributed by atoms with Crippen molar-refractivity contribution in [1.29, 1.82) is 0 Å². The van der Waals surface area contributed by atoms with Gasteiger partial charge in [0.05, 0.1) is 12.8 Å². The number of methoxy groups -OCH3 is 1.